The molecule has 0 saturated heterocycles. The highest BCUT2D eigenvalue weighted by Crippen LogP contribution is 2.26. The number of benzene rings is 2. The Morgan fingerprint density at radius 1 is 0.957 bits per heavy atom. The summed E-state index contributed by atoms with van der Waals surface area (Å²) in [5.41, 5.74) is 4.33. The third kappa shape index (κ3) is 2.59. The van der Waals surface area contributed by atoms with Gasteiger partial charge in [0.05, 0.1) is 11.2 Å². The number of nitrogens with zero attached hydrogens (tertiary/aromatic N) is 3. The minimum absolute atomic E-state index is 0.900. The molecular formula is C20H19N3. The smallest absolute Gasteiger partial charge is 0.131 e. The molecule has 0 unspecified atom stereocenters. The van der Waals surface area contributed by atoms with Crippen molar-refractivity contribution >= 4 is 16.7 Å². The summed E-state index contributed by atoms with van der Waals surface area (Å²) in [6, 6.07) is 20.8. The molecule has 3 nitrogen and oxygen atoms in total. The molecule has 0 radical (unpaired) electrons. The van der Waals surface area contributed by atoms with Crippen molar-refractivity contribution < 1.29 is 0 Å². The lowest BCUT2D eigenvalue weighted by Gasteiger charge is -2.26. The second kappa shape index (κ2) is 5.84. The van der Waals surface area contributed by atoms with Gasteiger partial charge in [-0.25, -0.2) is 4.98 Å². The van der Waals surface area contributed by atoms with E-state index in [9.17, 15) is 0 Å². The fraction of sp³-hybridized carbons (Fsp3) is 0.200. The van der Waals surface area contributed by atoms with Crippen molar-refractivity contribution in [2.45, 2.75) is 6.42 Å². The normalized spacial score (nSPS) is 14.8. The van der Waals surface area contributed by atoms with Crippen molar-refractivity contribution in [1.29, 1.82) is 0 Å². The maximum Gasteiger partial charge on any atom is 0.131 e. The van der Waals surface area contributed by atoms with E-state index in [0.717, 1.165) is 42.1 Å². The molecule has 0 N–H and O–H groups in total. The molecule has 1 aromatic heterocycles. The predicted octanol–water partition coefficient (Wildman–Crippen LogP) is 3.98. The van der Waals surface area contributed by atoms with Gasteiger partial charge >= 0.3 is 0 Å². The number of para-hydroxylation sites is 1. The van der Waals surface area contributed by atoms with Crippen LogP contribution >= 0.6 is 0 Å². The molecule has 0 amide bonds. The maximum absolute atomic E-state index is 4.85. The van der Waals surface area contributed by atoms with E-state index < -0.39 is 0 Å². The second-order valence-corrected chi connectivity index (χ2v) is 5.92. The van der Waals surface area contributed by atoms with Gasteiger partial charge < -0.3 is 4.90 Å². The molecule has 114 valence electrons. The van der Waals surface area contributed by atoms with Crippen LogP contribution in [-0.4, -0.2) is 35.9 Å². The largest absolute Gasteiger partial charge is 0.359 e. The minimum Gasteiger partial charge on any atom is -0.359 e. The molecule has 0 spiro atoms. The molecule has 0 bridgehead atoms. The zero-order valence-corrected chi connectivity index (χ0v) is 13.2. The fourth-order valence-electron chi connectivity index (χ4n) is 3.13. The average molecular weight is 301 g/mol. The SMILES string of the molecule is CN1CCCN=C1c1cc(-c2ccccc2)nc2ccccc12. The first kappa shape index (κ1) is 13.9. The summed E-state index contributed by atoms with van der Waals surface area (Å²) in [6.45, 7) is 1.95. The summed E-state index contributed by atoms with van der Waals surface area (Å²) >= 11 is 0. The van der Waals surface area contributed by atoms with Crippen LogP contribution in [0.5, 0.6) is 0 Å². The lowest BCUT2D eigenvalue weighted by Crippen LogP contribution is -2.33. The van der Waals surface area contributed by atoms with Gasteiger partial charge in [0.15, 0.2) is 0 Å². The van der Waals surface area contributed by atoms with Crippen LogP contribution in [0.25, 0.3) is 22.2 Å². The Balaban J connectivity index is 1.96. The van der Waals surface area contributed by atoms with Crippen LogP contribution in [0.4, 0.5) is 0 Å². The van der Waals surface area contributed by atoms with Crippen molar-refractivity contribution in [3.05, 3.63) is 66.2 Å². The first-order valence-corrected chi connectivity index (χ1v) is 8.04. The van der Waals surface area contributed by atoms with Crippen molar-refractivity contribution in [3.63, 3.8) is 0 Å². The zero-order chi connectivity index (χ0) is 15.6. The van der Waals surface area contributed by atoms with Gasteiger partial charge in [0, 0.05) is 36.7 Å². The van der Waals surface area contributed by atoms with Crippen LogP contribution in [0, 0.1) is 0 Å². The Labute approximate surface area is 136 Å². The number of hydrogen-bond donors (Lipinski definition) is 0. The number of aromatic nitrogens is 1. The molecule has 23 heavy (non-hydrogen) atoms. The number of aliphatic imine (C=N–C) groups is 1. The Morgan fingerprint density at radius 2 is 1.74 bits per heavy atom. The molecule has 1 aliphatic rings. The quantitative estimate of drug-likeness (QED) is 0.716. The summed E-state index contributed by atoms with van der Waals surface area (Å²) in [5.74, 6) is 1.08. The van der Waals surface area contributed by atoms with Crippen LogP contribution in [0.3, 0.4) is 0 Å². The van der Waals surface area contributed by atoms with E-state index in [-0.39, 0.29) is 0 Å². The minimum atomic E-state index is 0.900. The molecule has 3 aromatic rings. The third-order valence-corrected chi connectivity index (χ3v) is 4.30. The monoisotopic (exact) mass is 301 g/mol. The summed E-state index contributed by atoms with van der Waals surface area (Å²) < 4.78 is 0. The van der Waals surface area contributed by atoms with Crippen LogP contribution < -0.4 is 0 Å². The highest BCUT2D eigenvalue weighted by molar-refractivity contribution is 6.10. The Morgan fingerprint density at radius 3 is 2.57 bits per heavy atom. The molecule has 1 aliphatic heterocycles. The van der Waals surface area contributed by atoms with E-state index in [0.29, 0.717) is 0 Å². The number of rotatable bonds is 2. The molecule has 2 heterocycles. The molecule has 0 fully saturated rings. The van der Waals surface area contributed by atoms with E-state index in [2.05, 4.69) is 60.5 Å². The molecule has 2 aromatic carbocycles. The lowest BCUT2D eigenvalue weighted by molar-refractivity contribution is 0.468. The number of pyridine rings is 1. The van der Waals surface area contributed by atoms with E-state index in [1.54, 1.807) is 0 Å². The Bertz CT molecular complexity index is 868. The second-order valence-electron chi connectivity index (χ2n) is 5.92. The molecule has 3 heteroatoms. The van der Waals surface area contributed by atoms with Crippen LogP contribution in [-0.2, 0) is 0 Å². The van der Waals surface area contributed by atoms with Crippen molar-refractivity contribution in [2.24, 2.45) is 4.99 Å². The van der Waals surface area contributed by atoms with Gasteiger partial charge in [-0.15, -0.1) is 0 Å². The van der Waals surface area contributed by atoms with E-state index >= 15 is 0 Å². The summed E-state index contributed by atoms with van der Waals surface area (Å²) in [6.07, 6.45) is 1.12. The lowest BCUT2D eigenvalue weighted by atomic mass is 10.0. The molecule has 0 atom stereocenters. The highest BCUT2D eigenvalue weighted by Gasteiger charge is 2.17. The van der Waals surface area contributed by atoms with Crippen LogP contribution in [0.15, 0.2) is 65.7 Å². The maximum atomic E-state index is 4.85. The molecule has 4 rings (SSSR count). The van der Waals surface area contributed by atoms with Gasteiger partial charge in [-0.1, -0.05) is 48.5 Å². The van der Waals surface area contributed by atoms with Crippen molar-refractivity contribution in [1.82, 2.24) is 9.88 Å². The van der Waals surface area contributed by atoms with Crippen molar-refractivity contribution in [3.8, 4) is 11.3 Å². The van der Waals surface area contributed by atoms with Gasteiger partial charge in [0.1, 0.15) is 5.84 Å². The number of amidine groups is 1. The van der Waals surface area contributed by atoms with Crippen LogP contribution in [0.1, 0.15) is 12.0 Å². The summed E-state index contributed by atoms with van der Waals surface area (Å²) in [7, 11) is 2.12. The highest BCUT2D eigenvalue weighted by atomic mass is 15.2. The van der Waals surface area contributed by atoms with Gasteiger partial charge in [-0.2, -0.15) is 0 Å². The van der Waals surface area contributed by atoms with Gasteiger partial charge in [-0.3, -0.25) is 4.99 Å². The first-order chi connectivity index (χ1) is 11.3. The van der Waals surface area contributed by atoms with Gasteiger partial charge in [0.25, 0.3) is 0 Å². The molecule has 0 aliphatic carbocycles. The fourth-order valence-corrected chi connectivity index (χ4v) is 3.13. The van der Waals surface area contributed by atoms with Gasteiger partial charge in [-0.05, 0) is 18.6 Å². The summed E-state index contributed by atoms with van der Waals surface area (Å²) in [5, 5.41) is 1.17. The Hall–Kier alpha value is -2.68. The first-order valence-electron chi connectivity index (χ1n) is 8.04. The molecule has 0 saturated carbocycles. The predicted molar refractivity (Wildman–Crippen MR) is 95.8 cm³/mol. The van der Waals surface area contributed by atoms with E-state index in [1.165, 1.54) is 10.9 Å². The van der Waals surface area contributed by atoms with E-state index in [1.807, 2.05) is 12.1 Å². The average Bonchev–Trinajstić information content (AvgIpc) is 2.62. The topological polar surface area (TPSA) is 28.5 Å². The standard InChI is InChI=1S/C20H19N3/c1-23-13-7-12-21-20(23)17-14-19(15-8-3-2-4-9-15)22-18-11-6-5-10-16(17)18/h2-6,8-11,14H,7,12-13H2,1H3. The van der Waals surface area contributed by atoms with Crippen molar-refractivity contribution in [2.75, 3.05) is 20.1 Å². The summed E-state index contributed by atoms with van der Waals surface area (Å²) in [4.78, 5) is 11.9. The number of hydrogen-bond acceptors (Lipinski definition) is 3. The van der Waals surface area contributed by atoms with Gasteiger partial charge in [0.2, 0.25) is 0 Å². The van der Waals surface area contributed by atoms with Crippen LogP contribution in [0.2, 0.25) is 0 Å². The van der Waals surface area contributed by atoms with E-state index in [4.69, 9.17) is 9.98 Å². The Kier molecular flexibility index (Phi) is 3.54. The molecular weight excluding hydrogens is 282 g/mol. The number of fused-ring (bicyclic) bond motifs is 1. The third-order valence-electron chi connectivity index (χ3n) is 4.30. The zero-order valence-electron chi connectivity index (χ0n) is 13.2.